The first-order valence-electron chi connectivity index (χ1n) is 7.05. The van der Waals surface area contributed by atoms with Crippen molar-refractivity contribution in [2.45, 2.75) is 17.9 Å². The molecule has 1 fully saturated rings. The van der Waals surface area contributed by atoms with Crippen LogP contribution in [0.1, 0.15) is 6.92 Å². The minimum atomic E-state index is -3.19. The van der Waals surface area contributed by atoms with Crippen LogP contribution in [-0.2, 0) is 10.0 Å². The van der Waals surface area contributed by atoms with Gasteiger partial charge in [-0.15, -0.1) is 11.8 Å². The summed E-state index contributed by atoms with van der Waals surface area (Å²) in [5.74, 6) is 0.676. The molecule has 1 saturated heterocycles. The van der Waals surface area contributed by atoms with Crippen LogP contribution >= 0.6 is 11.8 Å². The Kier molecular flexibility index (Phi) is 5.54. The summed E-state index contributed by atoms with van der Waals surface area (Å²) in [5, 5.41) is 0. The van der Waals surface area contributed by atoms with E-state index in [0.717, 1.165) is 18.0 Å². The minimum Gasteiger partial charge on any atom is -0.398 e. The van der Waals surface area contributed by atoms with Crippen LogP contribution in [0, 0.1) is 0 Å². The van der Waals surface area contributed by atoms with Crippen molar-refractivity contribution in [3.63, 3.8) is 0 Å². The maximum atomic E-state index is 12.4. The van der Waals surface area contributed by atoms with E-state index in [1.54, 1.807) is 4.31 Å². The van der Waals surface area contributed by atoms with E-state index in [1.165, 1.54) is 11.8 Å². The summed E-state index contributed by atoms with van der Waals surface area (Å²) >= 11 is 1.50. The first-order chi connectivity index (χ1) is 9.90. The van der Waals surface area contributed by atoms with E-state index >= 15 is 0 Å². The van der Waals surface area contributed by atoms with Crippen molar-refractivity contribution < 1.29 is 8.42 Å². The third-order valence-corrected chi connectivity index (χ3v) is 6.97. The molecule has 0 saturated carbocycles. The van der Waals surface area contributed by atoms with E-state index < -0.39 is 10.0 Å². The number of rotatable bonds is 5. The lowest BCUT2D eigenvalue weighted by Crippen LogP contribution is -2.53. The lowest BCUT2D eigenvalue weighted by molar-refractivity contribution is 0.170. The summed E-state index contributed by atoms with van der Waals surface area (Å²) in [6.07, 6.45) is 0. The number of thioether (sulfide) groups is 1. The highest BCUT2D eigenvalue weighted by atomic mass is 32.2. The van der Waals surface area contributed by atoms with Gasteiger partial charge in [0.05, 0.1) is 5.75 Å². The van der Waals surface area contributed by atoms with Crippen molar-refractivity contribution >= 4 is 27.5 Å². The monoisotopic (exact) mass is 329 g/mol. The molecular formula is C14H23N3O2S2. The predicted octanol–water partition coefficient (Wildman–Crippen LogP) is 1.33. The molecule has 118 valence electrons. The van der Waals surface area contributed by atoms with Gasteiger partial charge < -0.3 is 10.6 Å². The van der Waals surface area contributed by atoms with Gasteiger partial charge in [-0.05, 0) is 26.1 Å². The lowest BCUT2D eigenvalue weighted by atomic mass is 10.2. The fraction of sp³-hybridized carbons (Fsp3) is 0.571. The van der Waals surface area contributed by atoms with Gasteiger partial charge in [0.25, 0.3) is 0 Å². The summed E-state index contributed by atoms with van der Waals surface area (Å²) < 4.78 is 26.5. The lowest BCUT2D eigenvalue weighted by Gasteiger charge is -2.37. The Hall–Kier alpha value is -0.760. The highest BCUT2D eigenvalue weighted by Crippen LogP contribution is 2.25. The minimum absolute atomic E-state index is 0.0422. The van der Waals surface area contributed by atoms with Gasteiger partial charge in [-0.1, -0.05) is 12.1 Å². The van der Waals surface area contributed by atoms with Gasteiger partial charge >= 0.3 is 0 Å². The van der Waals surface area contributed by atoms with Crippen LogP contribution in [-0.4, -0.2) is 61.9 Å². The Labute approximate surface area is 131 Å². The molecule has 2 rings (SSSR count). The van der Waals surface area contributed by atoms with Crippen LogP contribution in [0.3, 0.4) is 0 Å². The zero-order valence-corrected chi connectivity index (χ0v) is 14.2. The molecule has 0 bridgehead atoms. The molecule has 2 N–H and O–H groups in total. The van der Waals surface area contributed by atoms with Crippen molar-refractivity contribution in [3.8, 4) is 0 Å². The van der Waals surface area contributed by atoms with Crippen molar-refractivity contribution in [1.82, 2.24) is 9.21 Å². The number of likely N-dealkylation sites (N-methyl/N-ethyl adjacent to an activating group) is 1. The number of anilines is 1. The Balaban J connectivity index is 1.91. The zero-order valence-electron chi connectivity index (χ0n) is 12.5. The average Bonchev–Trinajstić information content (AvgIpc) is 2.40. The summed E-state index contributed by atoms with van der Waals surface area (Å²) in [6.45, 7) is 4.13. The SMILES string of the molecule is CC1CN(C)CCN1S(=O)(=O)CCSc1ccccc1N. The number of hydrogen-bond donors (Lipinski definition) is 1. The molecule has 0 radical (unpaired) electrons. The number of piperazine rings is 1. The van der Waals surface area contributed by atoms with Gasteiger partial charge in [0.1, 0.15) is 0 Å². The number of para-hydroxylation sites is 1. The number of nitrogens with two attached hydrogens (primary N) is 1. The van der Waals surface area contributed by atoms with E-state index in [0.29, 0.717) is 18.0 Å². The van der Waals surface area contributed by atoms with Gasteiger partial charge in [0.15, 0.2) is 0 Å². The normalized spacial score (nSPS) is 21.5. The van der Waals surface area contributed by atoms with E-state index in [-0.39, 0.29) is 11.8 Å². The predicted molar refractivity (Wildman–Crippen MR) is 89.0 cm³/mol. The molecule has 1 aliphatic rings. The molecule has 1 aromatic carbocycles. The van der Waals surface area contributed by atoms with Crippen molar-refractivity contribution in [3.05, 3.63) is 24.3 Å². The van der Waals surface area contributed by atoms with Crippen LogP contribution in [0.4, 0.5) is 5.69 Å². The van der Waals surface area contributed by atoms with Crippen molar-refractivity contribution in [2.75, 3.05) is 43.9 Å². The number of hydrogen-bond acceptors (Lipinski definition) is 5. The third kappa shape index (κ3) is 4.35. The van der Waals surface area contributed by atoms with Gasteiger partial charge in [0, 0.05) is 42.0 Å². The Morgan fingerprint density at radius 1 is 1.33 bits per heavy atom. The van der Waals surface area contributed by atoms with Crippen LogP contribution in [0.2, 0.25) is 0 Å². The number of nitrogens with zero attached hydrogens (tertiary/aromatic N) is 2. The molecule has 1 unspecified atom stereocenters. The maximum absolute atomic E-state index is 12.4. The summed E-state index contributed by atoms with van der Waals surface area (Å²) in [4.78, 5) is 3.11. The standard InChI is InChI=1S/C14H23N3O2S2/c1-12-11-16(2)7-8-17(12)21(18,19)10-9-20-14-6-4-3-5-13(14)15/h3-6,12H,7-11,15H2,1-2H3. The molecule has 1 aromatic rings. The van der Waals surface area contributed by atoms with Crippen molar-refractivity contribution in [2.24, 2.45) is 0 Å². The molecular weight excluding hydrogens is 306 g/mol. The number of benzene rings is 1. The fourth-order valence-corrected chi connectivity index (χ4v) is 5.54. The first kappa shape index (κ1) is 16.6. The second-order valence-electron chi connectivity index (χ2n) is 5.42. The summed E-state index contributed by atoms with van der Waals surface area (Å²) in [6, 6.07) is 7.59. The smallest absolute Gasteiger partial charge is 0.215 e. The molecule has 0 spiro atoms. The molecule has 0 aromatic heterocycles. The molecule has 1 heterocycles. The van der Waals surface area contributed by atoms with Gasteiger partial charge in [-0.2, -0.15) is 4.31 Å². The molecule has 1 atom stereocenters. The fourth-order valence-electron chi connectivity index (χ4n) is 2.52. The average molecular weight is 329 g/mol. The highest BCUT2D eigenvalue weighted by molar-refractivity contribution is 8.00. The summed E-state index contributed by atoms with van der Waals surface area (Å²) in [7, 11) is -1.17. The van der Waals surface area contributed by atoms with Crippen LogP contribution < -0.4 is 5.73 Å². The Morgan fingerprint density at radius 2 is 2.05 bits per heavy atom. The molecule has 7 heteroatoms. The summed E-state index contributed by atoms with van der Waals surface area (Å²) in [5.41, 5.74) is 6.57. The van der Waals surface area contributed by atoms with Gasteiger partial charge in [-0.25, -0.2) is 8.42 Å². The third-order valence-electron chi connectivity index (χ3n) is 3.64. The van der Waals surface area contributed by atoms with Crippen molar-refractivity contribution in [1.29, 1.82) is 0 Å². The Bertz CT molecular complexity index is 577. The van der Waals surface area contributed by atoms with E-state index in [9.17, 15) is 8.42 Å². The van der Waals surface area contributed by atoms with Gasteiger partial charge in [-0.3, -0.25) is 0 Å². The highest BCUT2D eigenvalue weighted by Gasteiger charge is 2.30. The van der Waals surface area contributed by atoms with Crippen LogP contribution in [0.15, 0.2) is 29.2 Å². The molecule has 0 amide bonds. The van der Waals surface area contributed by atoms with Crippen LogP contribution in [0.5, 0.6) is 0 Å². The molecule has 21 heavy (non-hydrogen) atoms. The molecule has 1 aliphatic heterocycles. The molecule has 0 aliphatic carbocycles. The topological polar surface area (TPSA) is 66.6 Å². The zero-order chi connectivity index (χ0) is 15.5. The largest absolute Gasteiger partial charge is 0.398 e. The second-order valence-corrected chi connectivity index (χ2v) is 8.60. The van der Waals surface area contributed by atoms with Crippen LogP contribution in [0.25, 0.3) is 0 Å². The Morgan fingerprint density at radius 3 is 2.71 bits per heavy atom. The van der Waals surface area contributed by atoms with E-state index in [4.69, 9.17) is 5.73 Å². The quantitative estimate of drug-likeness (QED) is 0.652. The van der Waals surface area contributed by atoms with Gasteiger partial charge in [0.2, 0.25) is 10.0 Å². The second kappa shape index (κ2) is 7.00. The first-order valence-corrected chi connectivity index (χ1v) is 9.65. The van der Waals surface area contributed by atoms with E-state index in [1.807, 2.05) is 38.2 Å². The number of sulfonamides is 1. The maximum Gasteiger partial charge on any atom is 0.215 e. The van der Waals surface area contributed by atoms with E-state index in [2.05, 4.69) is 4.90 Å². The number of nitrogen functional groups attached to an aromatic ring is 1. The molecule has 5 nitrogen and oxygen atoms in total.